The highest BCUT2D eigenvalue weighted by Gasteiger charge is 2.45. The molecular weight excluding hydrogens is 268 g/mol. The zero-order chi connectivity index (χ0) is 13.5. The van der Waals surface area contributed by atoms with E-state index in [2.05, 4.69) is 23.1 Å². The molecule has 2 nitrogen and oxygen atoms in total. The van der Waals surface area contributed by atoms with E-state index in [0.717, 1.165) is 22.9 Å². The van der Waals surface area contributed by atoms with Crippen LogP contribution in [-0.4, -0.2) is 32.2 Å². The largest absolute Gasteiger partial charge is 0.360 e. The Morgan fingerprint density at radius 1 is 1.10 bits per heavy atom. The highest BCUT2D eigenvalue weighted by molar-refractivity contribution is 6.30. The summed E-state index contributed by atoms with van der Waals surface area (Å²) in [6.45, 7) is 4.98. The number of nitrogens with one attached hydrogen (secondary N) is 1. The van der Waals surface area contributed by atoms with E-state index in [1.165, 1.54) is 57.5 Å². The minimum atomic E-state index is 0.852. The summed E-state index contributed by atoms with van der Waals surface area (Å²) in [5.41, 5.74) is 1.30. The summed E-state index contributed by atoms with van der Waals surface area (Å²) in [6, 6.07) is 9.29. The second-order valence-electron chi connectivity index (χ2n) is 6.91. The van der Waals surface area contributed by atoms with Gasteiger partial charge >= 0.3 is 0 Å². The molecule has 0 unspecified atom stereocenters. The maximum Gasteiger partial charge on any atom is 0.0951 e. The molecule has 3 aliphatic rings. The number of halogens is 1. The van der Waals surface area contributed by atoms with Crippen molar-refractivity contribution in [1.82, 2.24) is 0 Å². The van der Waals surface area contributed by atoms with Gasteiger partial charge in [-0.3, -0.25) is 0 Å². The molecule has 108 valence electrons. The molecule has 1 aliphatic heterocycles. The second-order valence-corrected chi connectivity index (χ2v) is 7.34. The van der Waals surface area contributed by atoms with Crippen molar-refractivity contribution in [3.05, 3.63) is 29.3 Å². The van der Waals surface area contributed by atoms with Crippen molar-refractivity contribution in [3.63, 3.8) is 0 Å². The number of hydrogen-bond acceptors (Lipinski definition) is 1. The Balaban J connectivity index is 1.38. The van der Waals surface area contributed by atoms with Gasteiger partial charge in [0.05, 0.1) is 32.2 Å². The van der Waals surface area contributed by atoms with Crippen LogP contribution in [0, 0.1) is 11.8 Å². The first-order chi connectivity index (χ1) is 9.79. The van der Waals surface area contributed by atoms with E-state index in [1.807, 2.05) is 11.0 Å². The van der Waals surface area contributed by atoms with Crippen LogP contribution in [0.5, 0.6) is 0 Å². The molecule has 4 rings (SSSR count). The molecule has 2 aliphatic carbocycles. The number of benzene rings is 1. The van der Waals surface area contributed by atoms with Crippen molar-refractivity contribution in [1.29, 1.82) is 0 Å². The number of piperazine rings is 1. The Bertz CT molecular complexity index is 482. The van der Waals surface area contributed by atoms with Crippen LogP contribution in [0.2, 0.25) is 5.02 Å². The zero-order valence-electron chi connectivity index (χ0n) is 12.0. The van der Waals surface area contributed by atoms with Crippen LogP contribution in [0.4, 0.5) is 5.69 Å². The third-order valence-corrected chi connectivity index (χ3v) is 6.08. The monoisotopic (exact) mass is 291 g/mol. The van der Waals surface area contributed by atoms with Gasteiger partial charge in [-0.05, 0) is 43.4 Å². The molecule has 3 atom stereocenters. The molecule has 0 spiro atoms. The van der Waals surface area contributed by atoms with Gasteiger partial charge in [-0.15, -0.1) is 0 Å². The molecule has 2 bridgehead atoms. The SMILES string of the molecule is Clc1cccc(N2CC[NH+]([C@@H]3C[C@H]4CC[C@@H]3C4)CC2)c1. The van der Waals surface area contributed by atoms with Gasteiger partial charge in [-0.2, -0.15) is 0 Å². The van der Waals surface area contributed by atoms with Gasteiger partial charge in [0.2, 0.25) is 0 Å². The summed E-state index contributed by atoms with van der Waals surface area (Å²) in [4.78, 5) is 4.39. The fraction of sp³-hybridized carbons (Fsp3) is 0.647. The number of fused-ring (bicyclic) bond motifs is 2. The predicted molar refractivity (Wildman–Crippen MR) is 83.6 cm³/mol. The minimum Gasteiger partial charge on any atom is -0.360 e. The minimum absolute atomic E-state index is 0.852. The van der Waals surface area contributed by atoms with Crippen molar-refractivity contribution >= 4 is 17.3 Å². The molecule has 1 saturated heterocycles. The molecule has 1 N–H and O–H groups in total. The van der Waals surface area contributed by atoms with E-state index < -0.39 is 0 Å². The first kappa shape index (κ1) is 13.0. The Labute approximate surface area is 126 Å². The van der Waals surface area contributed by atoms with Gasteiger partial charge in [0.1, 0.15) is 0 Å². The van der Waals surface area contributed by atoms with E-state index in [4.69, 9.17) is 11.6 Å². The van der Waals surface area contributed by atoms with Crippen LogP contribution in [0.3, 0.4) is 0 Å². The predicted octanol–water partition coefficient (Wildman–Crippen LogP) is 2.23. The number of quaternary nitrogens is 1. The van der Waals surface area contributed by atoms with Crippen LogP contribution < -0.4 is 9.80 Å². The van der Waals surface area contributed by atoms with Gasteiger partial charge in [0.15, 0.2) is 0 Å². The van der Waals surface area contributed by atoms with Crippen molar-refractivity contribution in [2.45, 2.75) is 31.7 Å². The Kier molecular flexibility index (Phi) is 3.39. The number of anilines is 1. The summed E-state index contributed by atoms with van der Waals surface area (Å²) in [5.74, 6) is 2.12. The summed E-state index contributed by atoms with van der Waals surface area (Å²) < 4.78 is 0. The first-order valence-electron chi connectivity index (χ1n) is 8.15. The van der Waals surface area contributed by atoms with Crippen LogP contribution in [0.15, 0.2) is 24.3 Å². The maximum absolute atomic E-state index is 6.11. The topological polar surface area (TPSA) is 7.68 Å². The summed E-state index contributed by atoms with van der Waals surface area (Å²) >= 11 is 6.11. The van der Waals surface area contributed by atoms with Gasteiger partial charge < -0.3 is 9.80 Å². The van der Waals surface area contributed by atoms with Crippen molar-refractivity contribution in [2.75, 3.05) is 31.1 Å². The third-order valence-electron chi connectivity index (χ3n) is 5.84. The summed E-state index contributed by atoms with van der Waals surface area (Å²) in [6.07, 6.45) is 6.07. The Hall–Kier alpha value is -0.730. The average Bonchev–Trinajstić information content (AvgIpc) is 3.10. The molecule has 3 fully saturated rings. The first-order valence-corrected chi connectivity index (χ1v) is 8.52. The molecule has 2 saturated carbocycles. The van der Waals surface area contributed by atoms with E-state index in [-0.39, 0.29) is 0 Å². The quantitative estimate of drug-likeness (QED) is 0.878. The van der Waals surface area contributed by atoms with Gasteiger partial charge in [-0.1, -0.05) is 17.7 Å². The number of nitrogens with zero attached hydrogens (tertiary/aromatic N) is 1. The lowest BCUT2D eigenvalue weighted by molar-refractivity contribution is -0.929. The highest BCUT2D eigenvalue weighted by Crippen LogP contribution is 2.43. The molecule has 3 heteroatoms. The van der Waals surface area contributed by atoms with E-state index in [9.17, 15) is 0 Å². The van der Waals surface area contributed by atoms with Gasteiger partial charge in [0, 0.05) is 23.0 Å². The fourth-order valence-electron chi connectivity index (χ4n) is 4.84. The smallest absolute Gasteiger partial charge is 0.0951 e. The number of rotatable bonds is 2. The van der Waals surface area contributed by atoms with Crippen molar-refractivity contribution < 1.29 is 4.90 Å². The van der Waals surface area contributed by atoms with Crippen LogP contribution >= 0.6 is 11.6 Å². The molecule has 20 heavy (non-hydrogen) atoms. The lowest BCUT2D eigenvalue weighted by atomic mass is 9.93. The number of hydrogen-bond donors (Lipinski definition) is 1. The Morgan fingerprint density at radius 3 is 2.60 bits per heavy atom. The average molecular weight is 292 g/mol. The lowest BCUT2D eigenvalue weighted by Gasteiger charge is -2.39. The maximum atomic E-state index is 6.11. The molecule has 0 radical (unpaired) electrons. The van der Waals surface area contributed by atoms with Crippen LogP contribution in [0.25, 0.3) is 0 Å². The van der Waals surface area contributed by atoms with Crippen molar-refractivity contribution in [3.8, 4) is 0 Å². The van der Waals surface area contributed by atoms with E-state index in [0.29, 0.717) is 0 Å². The zero-order valence-corrected chi connectivity index (χ0v) is 12.8. The summed E-state index contributed by atoms with van der Waals surface area (Å²) in [5, 5.41) is 0.852. The lowest BCUT2D eigenvalue weighted by Crippen LogP contribution is -3.18. The molecule has 1 aromatic carbocycles. The summed E-state index contributed by atoms with van der Waals surface area (Å²) in [7, 11) is 0. The Morgan fingerprint density at radius 2 is 1.95 bits per heavy atom. The second kappa shape index (κ2) is 5.23. The molecule has 0 aromatic heterocycles. The highest BCUT2D eigenvalue weighted by atomic mass is 35.5. The molecule has 0 amide bonds. The third kappa shape index (κ3) is 2.33. The van der Waals surface area contributed by atoms with E-state index >= 15 is 0 Å². The van der Waals surface area contributed by atoms with Crippen LogP contribution in [-0.2, 0) is 0 Å². The van der Waals surface area contributed by atoms with E-state index in [1.54, 1.807) is 0 Å². The van der Waals surface area contributed by atoms with Gasteiger partial charge in [0.25, 0.3) is 0 Å². The standard InChI is InChI=1S/C17H23ClN2/c18-15-2-1-3-16(12-15)19-6-8-20(9-7-19)17-11-13-4-5-14(17)10-13/h1-3,12-14,17H,4-11H2/p+1/t13-,14+,17+/m0/s1. The molecule has 1 heterocycles. The normalized spacial score (nSPS) is 33.9. The van der Waals surface area contributed by atoms with Crippen molar-refractivity contribution in [2.24, 2.45) is 11.8 Å². The fourth-order valence-corrected chi connectivity index (χ4v) is 5.03. The molecular formula is C17H24ClN2+. The molecule has 1 aromatic rings. The van der Waals surface area contributed by atoms with Crippen LogP contribution in [0.1, 0.15) is 25.7 Å². The van der Waals surface area contributed by atoms with Gasteiger partial charge in [-0.25, -0.2) is 0 Å².